The monoisotopic (exact) mass is 473 g/mol. The van der Waals surface area contributed by atoms with Crippen molar-refractivity contribution in [2.45, 2.75) is 30.1 Å². The predicted octanol–water partition coefficient (Wildman–Crippen LogP) is 4.19. The Hall–Kier alpha value is -3.92. The van der Waals surface area contributed by atoms with E-state index in [-0.39, 0.29) is 15.5 Å². The molecule has 0 heterocycles. The Balaban J connectivity index is 1.84. The molecule has 8 nitrogen and oxygen atoms in total. The highest BCUT2D eigenvalue weighted by Crippen LogP contribution is 2.36. The Labute approximate surface area is 189 Å². The summed E-state index contributed by atoms with van der Waals surface area (Å²) < 4.78 is 44.4. The quantitative estimate of drug-likeness (QED) is 0.347. The minimum Gasteiger partial charge on any atom is -0.506 e. The molecule has 3 N–H and O–H groups in total. The van der Waals surface area contributed by atoms with Gasteiger partial charge in [-0.1, -0.05) is 0 Å². The first-order chi connectivity index (χ1) is 15.5. The number of phenols is 1. The third-order valence-electron chi connectivity index (χ3n) is 4.62. The molecule has 0 radical (unpaired) electrons. The Morgan fingerprint density at radius 2 is 1.61 bits per heavy atom. The van der Waals surface area contributed by atoms with Crippen molar-refractivity contribution in [1.82, 2.24) is 0 Å². The number of phenolic OH excluding ortho intramolecular Hbond substituents is 1. The fraction of sp³-hybridized carbons (Fsp3) is 0.130. The Kier molecular flexibility index (Phi) is 6.68. The Bertz CT molecular complexity index is 1310. The van der Waals surface area contributed by atoms with Gasteiger partial charge < -0.3 is 20.3 Å². The van der Waals surface area contributed by atoms with Crippen LogP contribution in [0.3, 0.4) is 0 Å². The SMILES string of the molecule is Cc1cc(NC(=O)CC(=O)O)cc(C)c1Oc1ccc(S(=O)(=O)c2ccc(F)cc2)c(O)c1. The summed E-state index contributed by atoms with van der Waals surface area (Å²) in [5.74, 6) is -2.45. The Morgan fingerprint density at radius 3 is 2.15 bits per heavy atom. The average molecular weight is 473 g/mol. The van der Waals surface area contributed by atoms with Gasteiger partial charge in [0.2, 0.25) is 15.7 Å². The van der Waals surface area contributed by atoms with Crippen molar-refractivity contribution >= 4 is 27.4 Å². The number of aliphatic carboxylic acids is 1. The van der Waals surface area contributed by atoms with Crippen LogP contribution in [0.1, 0.15) is 17.5 Å². The van der Waals surface area contributed by atoms with E-state index in [2.05, 4.69) is 5.32 Å². The summed E-state index contributed by atoms with van der Waals surface area (Å²) in [7, 11) is -4.07. The molecule has 33 heavy (non-hydrogen) atoms. The van der Waals surface area contributed by atoms with Crippen LogP contribution in [0.2, 0.25) is 0 Å². The number of halogens is 1. The lowest BCUT2D eigenvalue weighted by atomic mass is 10.1. The van der Waals surface area contributed by atoms with Crippen molar-refractivity contribution in [2.75, 3.05) is 5.32 Å². The number of benzene rings is 3. The third kappa shape index (κ3) is 5.47. The molecule has 0 atom stereocenters. The van der Waals surface area contributed by atoms with Crippen molar-refractivity contribution < 1.29 is 37.3 Å². The van der Waals surface area contributed by atoms with Crippen LogP contribution in [0.4, 0.5) is 10.1 Å². The average Bonchev–Trinajstić information content (AvgIpc) is 2.70. The molecule has 0 unspecified atom stereocenters. The third-order valence-corrected chi connectivity index (χ3v) is 6.44. The number of sulfone groups is 1. The van der Waals surface area contributed by atoms with Crippen LogP contribution in [0.25, 0.3) is 0 Å². The van der Waals surface area contributed by atoms with E-state index in [1.54, 1.807) is 26.0 Å². The van der Waals surface area contributed by atoms with E-state index in [1.807, 2.05) is 0 Å². The standard InChI is InChI=1S/C23H20FNO7S/c1-13-9-16(25-21(27)12-22(28)29)10-14(2)23(13)32-17-5-8-20(19(26)11-17)33(30,31)18-6-3-15(24)4-7-18/h3-11,26H,12H2,1-2H3,(H,25,27)(H,28,29). The molecular formula is C23H20FNO7S. The van der Waals surface area contributed by atoms with Crippen LogP contribution in [-0.2, 0) is 19.4 Å². The summed E-state index contributed by atoms with van der Waals surface area (Å²) in [6.45, 7) is 3.42. The molecule has 0 saturated carbocycles. The van der Waals surface area contributed by atoms with Gasteiger partial charge in [0.15, 0.2) is 0 Å². The molecule has 0 fully saturated rings. The van der Waals surface area contributed by atoms with Crippen LogP contribution in [-0.4, -0.2) is 30.5 Å². The summed E-state index contributed by atoms with van der Waals surface area (Å²) in [4.78, 5) is 21.8. The molecule has 0 aliphatic rings. The van der Waals surface area contributed by atoms with E-state index in [4.69, 9.17) is 9.84 Å². The van der Waals surface area contributed by atoms with Crippen molar-refractivity contribution in [1.29, 1.82) is 0 Å². The summed E-state index contributed by atoms with van der Waals surface area (Å²) >= 11 is 0. The van der Waals surface area contributed by atoms with Gasteiger partial charge in [-0.05, 0) is 73.5 Å². The van der Waals surface area contributed by atoms with Crippen molar-refractivity contribution in [3.05, 3.63) is 71.5 Å². The molecule has 3 aromatic rings. The fourth-order valence-electron chi connectivity index (χ4n) is 3.17. The number of hydrogen-bond donors (Lipinski definition) is 3. The molecule has 0 aromatic heterocycles. The molecule has 10 heteroatoms. The number of carbonyl (C=O) groups is 2. The van der Waals surface area contributed by atoms with Gasteiger partial charge in [-0.3, -0.25) is 9.59 Å². The molecule has 172 valence electrons. The topological polar surface area (TPSA) is 130 Å². The molecule has 0 aliphatic carbocycles. The van der Waals surface area contributed by atoms with E-state index < -0.39 is 39.7 Å². The van der Waals surface area contributed by atoms with Crippen LogP contribution in [0.15, 0.2) is 64.4 Å². The van der Waals surface area contributed by atoms with Gasteiger partial charge in [-0.2, -0.15) is 0 Å². The summed E-state index contributed by atoms with van der Waals surface area (Å²) in [5, 5.41) is 21.5. The van der Waals surface area contributed by atoms with E-state index in [9.17, 15) is 27.5 Å². The van der Waals surface area contributed by atoms with Crippen molar-refractivity contribution in [3.63, 3.8) is 0 Å². The molecule has 3 rings (SSSR count). The first-order valence-electron chi connectivity index (χ1n) is 9.62. The number of amides is 1. The smallest absolute Gasteiger partial charge is 0.312 e. The molecule has 0 aliphatic heterocycles. The van der Waals surface area contributed by atoms with Crippen molar-refractivity contribution in [2.24, 2.45) is 0 Å². The number of carboxylic acids is 1. The van der Waals surface area contributed by atoms with Gasteiger partial charge in [0.25, 0.3) is 0 Å². The van der Waals surface area contributed by atoms with E-state index in [0.717, 1.165) is 30.3 Å². The molecule has 3 aromatic carbocycles. The highest BCUT2D eigenvalue weighted by molar-refractivity contribution is 7.91. The van der Waals surface area contributed by atoms with Gasteiger partial charge in [0.05, 0.1) is 4.90 Å². The number of anilines is 1. The maximum Gasteiger partial charge on any atom is 0.312 e. The molecular weight excluding hydrogens is 453 g/mol. The summed E-state index contributed by atoms with van der Waals surface area (Å²) in [6, 6.07) is 11.1. The molecule has 0 bridgehead atoms. The zero-order chi connectivity index (χ0) is 24.3. The van der Waals surface area contributed by atoms with Crippen LogP contribution >= 0.6 is 0 Å². The Morgan fingerprint density at radius 1 is 1.00 bits per heavy atom. The molecule has 0 spiro atoms. The fourth-order valence-corrected chi connectivity index (χ4v) is 4.50. The lowest BCUT2D eigenvalue weighted by molar-refractivity contribution is -0.139. The zero-order valence-corrected chi connectivity index (χ0v) is 18.4. The van der Waals surface area contributed by atoms with E-state index >= 15 is 0 Å². The maximum absolute atomic E-state index is 13.1. The van der Waals surface area contributed by atoms with Crippen LogP contribution < -0.4 is 10.1 Å². The number of rotatable bonds is 7. The summed E-state index contributed by atoms with van der Waals surface area (Å²) in [6.07, 6.45) is -0.664. The van der Waals surface area contributed by atoms with Gasteiger partial charge in [-0.25, -0.2) is 12.8 Å². The maximum atomic E-state index is 13.1. The van der Waals surface area contributed by atoms with Crippen LogP contribution in [0, 0.1) is 19.7 Å². The molecule has 0 saturated heterocycles. The van der Waals surface area contributed by atoms with Gasteiger partial charge in [0, 0.05) is 11.8 Å². The van der Waals surface area contributed by atoms with Gasteiger partial charge >= 0.3 is 5.97 Å². The first kappa shape index (κ1) is 23.7. The highest BCUT2D eigenvalue weighted by atomic mass is 32.2. The van der Waals surface area contributed by atoms with Gasteiger partial charge in [-0.15, -0.1) is 0 Å². The number of hydrogen-bond acceptors (Lipinski definition) is 6. The lowest BCUT2D eigenvalue weighted by Gasteiger charge is -2.15. The lowest BCUT2D eigenvalue weighted by Crippen LogP contribution is -2.16. The minimum atomic E-state index is -4.07. The number of carbonyl (C=O) groups excluding carboxylic acids is 1. The number of nitrogens with one attached hydrogen (secondary N) is 1. The van der Waals surface area contributed by atoms with Gasteiger partial charge in [0.1, 0.15) is 34.4 Å². The normalized spacial score (nSPS) is 11.1. The predicted molar refractivity (Wildman–Crippen MR) is 117 cm³/mol. The van der Waals surface area contributed by atoms with E-state index in [0.29, 0.717) is 22.6 Å². The number of aryl methyl sites for hydroxylation is 2. The van der Waals surface area contributed by atoms with Crippen LogP contribution in [0.5, 0.6) is 17.2 Å². The van der Waals surface area contributed by atoms with Crippen molar-refractivity contribution in [3.8, 4) is 17.2 Å². The number of ether oxygens (including phenoxy) is 1. The largest absolute Gasteiger partial charge is 0.506 e. The number of carboxylic acid groups (broad SMARTS) is 1. The zero-order valence-electron chi connectivity index (χ0n) is 17.6. The second-order valence-corrected chi connectivity index (χ2v) is 9.16. The summed E-state index contributed by atoms with van der Waals surface area (Å²) in [5.41, 5.74) is 1.62. The minimum absolute atomic E-state index is 0.166. The second kappa shape index (κ2) is 9.29. The number of aromatic hydroxyl groups is 1. The molecule has 1 amide bonds. The van der Waals surface area contributed by atoms with E-state index in [1.165, 1.54) is 12.1 Å². The highest BCUT2D eigenvalue weighted by Gasteiger charge is 2.22. The second-order valence-electron chi connectivity index (χ2n) is 7.25. The first-order valence-corrected chi connectivity index (χ1v) is 11.1.